The maximum atomic E-state index is 13.3. The number of hydrogen-bond donors (Lipinski definition) is 0. The number of carbonyl (C=O) groups excluding carboxylic acids is 1. The second kappa shape index (κ2) is 7.65. The van der Waals surface area contributed by atoms with Gasteiger partial charge in [0, 0.05) is 29.0 Å². The van der Waals surface area contributed by atoms with E-state index in [0.29, 0.717) is 5.56 Å². The van der Waals surface area contributed by atoms with Gasteiger partial charge >= 0.3 is 0 Å². The zero-order valence-electron chi connectivity index (χ0n) is 16.7. The number of carbonyl (C=O) groups is 1. The van der Waals surface area contributed by atoms with Crippen molar-refractivity contribution in [2.45, 2.75) is 13.2 Å². The summed E-state index contributed by atoms with van der Waals surface area (Å²) in [6, 6.07) is 25.3. The van der Waals surface area contributed by atoms with E-state index in [1.807, 2.05) is 60.7 Å². The fraction of sp³-hybridized carbons (Fsp3) is 0.0800. The molecule has 0 spiro atoms. The SMILES string of the molecule is CC(=O)N1N=C(c2ccc(F)cc2)OC1c1cc(-c2ccccc2)nc2ccccc12. The van der Waals surface area contributed by atoms with Gasteiger partial charge < -0.3 is 4.74 Å². The Hall–Kier alpha value is -4.06. The number of amides is 1. The van der Waals surface area contributed by atoms with Crippen molar-refractivity contribution in [2.75, 3.05) is 0 Å². The minimum absolute atomic E-state index is 0.260. The molecule has 0 fully saturated rings. The summed E-state index contributed by atoms with van der Waals surface area (Å²) in [4.78, 5) is 17.2. The molecule has 1 aliphatic rings. The Morgan fingerprint density at radius 1 is 0.935 bits per heavy atom. The molecule has 1 amide bonds. The van der Waals surface area contributed by atoms with Crippen molar-refractivity contribution in [3.05, 3.63) is 102 Å². The number of para-hydroxylation sites is 1. The molecule has 5 rings (SSSR count). The smallest absolute Gasteiger partial charge is 0.243 e. The molecule has 2 heterocycles. The standard InChI is InChI=1S/C25H18FN3O2/c1-16(30)29-25(31-24(28-29)18-11-13-19(26)14-12-18)21-15-23(17-7-3-2-4-8-17)27-22-10-6-5-9-20(21)22/h2-15,25H,1H3. The monoisotopic (exact) mass is 411 g/mol. The number of hydrazone groups is 1. The van der Waals surface area contributed by atoms with Crippen molar-refractivity contribution in [1.29, 1.82) is 0 Å². The van der Waals surface area contributed by atoms with Crippen molar-refractivity contribution in [1.82, 2.24) is 9.99 Å². The fourth-order valence-electron chi connectivity index (χ4n) is 3.64. The van der Waals surface area contributed by atoms with Crippen LogP contribution in [0.5, 0.6) is 0 Å². The minimum atomic E-state index is -0.757. The van der Waals surface area contributed by atoms with Gasteiger partial charge in [0.25, 0.3) is 0 Å². The van der Waals surface area contributed by atoms with Gasteiger partial charge in [-0.2, -0.15) is 5.01 Å². The second-order valence-corrected chi connectivity index (χ2v) is 7.23. The van der Waals surface area contributed by atoms with E-state index in [9.17, 15) is 9.18 Å². The van der Waals surface area contributed by atoms with Gasteiger partial charge in [-0.25, -0.2) is 9.37 Å². The zero-order valence-corrected chi connectivity index (χ0v) is 16.7. The van der Waals surface area contributed by atoms with Crippen LogP contribution in [0, 0.1) is 5.82 Å². The molecule has 31 heavy (non-hydrogen) atoms. The average Bonchev–Trinajstić information content (AvgIpc) is 3.25. The summed E-state index contributed by atoms with van der Waals surface area (Å²) >= 11 is 0. The highest BCUT2D eigenvalue weighted by Gasteiger charge is 2.34. The molecular weight excluding hydrogens is 393 g/mol. The molecule has 1 aromatic heterocycles. The molecule has 0 bridgehead atoms. The van der Waals surface area contributed by atoms with E-state index >= 15 is 0 Å². The molecule has 5 nitrogen and oxygen atoms in total. The van der Waals surface area contributed by atoms with Crippen molar-refractivity contribution < 1.29 is 13.9 Å². The molecule has 0 saturated carbocycles. The number of hydrogen-bond acceptors (Lipinski definition) is 4. The lowest BCUT2D eigenvalue weighted by Gasteiger charge is -2.21. The van der Waals surface area contributed by atoms with Crippen molar-refractivity contribution in [2.24, 2.45) is 5.10 Å². The Morgan fingerprint density at radius 2 is 1.65 bits per heavy atom. The van der Waals surface area contributed by atoms with Gasteiger partial charge in [-0.1, -0.05) is 48.5 Å². The molecule has 0 saturated heterocycles. The third-order valence-corrected chi connectivity index (χ3v) is 5.14. The molecule has 152 valence electrons. The first-order chi connectivity index (χ1) is 15.1. The highest BCUT2D eigenvalue weighted by Crippen LogP contribution is 2.36. The first kappa shape index (κ1) is 18.9. The largest absolute Gasteiger partial charge is 0.446 e. The molecule has 1 aliphatic heterocycles. The summed E-state index contributed by atoms with van der Waals surface area (Å²) in [5.41, 5.74) is 3.90. The van der Waals surface area contributed by atoms with Crippen LogP contribution in [0.2, 0.25) is 0 Å². The molecule has 6 heteroatoms. The van der Waals surface area contributed by atoms with Gasteiger partial charge in [-0.05, 0) is 36.4 Å². The maximum Gasteiger partial charge on any atom is 0.243 e. The van der Waals surface area contributed by atoms with Crippen molar-refractivity contribution in [3.8, 4) is 11.3 Å². The van der Waals surface area contributed by atoms with E-state index < -0.39 is 6.23 Å². The second-order valence-electron chi connectivity index (χ2n) is 7.23. The Kier molecular flexibility index (Phi) is 4.67. The van der Waals surface area contributed by atoms with E-state index in [1.54, 1.807) is 12.1 Å². The number of pyridine rings is 1. The van der Waals surface area contributed by atoms with Crippen LogP contribution in [0.15, 0.2) is 90.0 Å². The predicted molar refractivity (Wildman–Crippen MR) is 116 cm³/mol. The molecule has 1 atom stereocenters. The van der Waals surface area contributed by atoms with Gasteiger partial charge in [-0.15, -0.1) is 5.10 Å². The first-order valence-electron chi connectivity index (χ1n) is 9.86. The van der Waals surface area contributed by atoms with Gasteiger partial charge in [0.1, 0.15) is 5.82 Å². The lowest BCUT2D eigenvalue weighted by molar-refractivity contribution is -0.135. The van der Waals surface area contributed by atoms with Crippen LogP contribution in [0.4, 0.5) is 4.39 Å². The summed E-state index contributed by atoms with van der Waals surface area (Å²) in [6.07, 6.45) is -0.757. The summed E-state index contributed by atoms with van der Waals surface area (Å²) in [6.45, 7) is 1.44. The fourth-order valence-corrected chi connectivity index (χ4v) is 3.64. The van der Waals surface area contributed by atoms with Crippen LogP contribution in [0.3, 0.4) is 0 Å². The lowest BCUT2D eigenvalue weighted by atomic mass is 10.0. The highest BCUT2D eigenvalue weighted by atomic mass is 19.1. The maximum absolute atomic E-state index is 13.3. The van der Waals surface area contributed by atoms with Crippen LogP contribution < -0.4 is 0 Å². The van der Waals surface area contributed by atoms with E-state index in [0.717, 1.165) is 27.7 Å². The van der Waals surface area contributed by atoms with E-state index in [-0.39, 0.29) is 17.6 Å². The molecule has 0 radical (unpaired) electrons. The zero-order chi connectivity index (χ0) is 21.4. The third kappa shape index (κ3) is 3.53. The van der Waals surface area contributed by atoms with Gasteiger partial charge in [-0.3, -0.25) is 4.79 Å². The van der Waals surface area contributed by atoms with Crippen molar-refractivity contribution >= 4 is 22.7 Å². The quantitative estimate of drug-likeness (QED) is 0.461. The number of rotatable bonds is 3. The molecule has 3 aromatic carbocycles. The normalized spacial score (nSPS) is 15.6. The van der Waals surface area contributed by atoms with Gasteiger partial charge in [0.05, 0.1) is 11.2 Å². The number of nitrogens with zero attached hydrogens (tertiary/aromatic N) is 3. The lowest BCUT2D eigenvalue weighted by Crippen LogP contribution is -2.25. The molecule has 4 aromatic rings. The topological polar surface area (TPSA) is 54.8 Å². The Balaban J connectivity index is 1.64. The first-order valence-corrected chi connectivity index (χ1v) is 9.86. The Morgan fingerprint density at radius 3 is 2.39 bits per heavy atom. The van der Waals surface area contributed by atoms with Crippen LogP contribution in [0.25, 0.3) is 22.2 Å². The summed E-state index contributed by atoms with van der Waals surface area (Å²) in [5.74, 6) is -0.346. The number of halogens is 1. The minimum Gasteiger partial charge on any atom is -0.446 e. The van der Waals surface area contributed by atoms with Gasteiger partial charge in [0.2, 0.25) is 18.0 Å². The highest BCUT2D eigenvalue weighted by molar-refractivity contribution is 5.97. The predicted octanol–water partition coefficient (Wildman–Crippen LogP) is 5.28. The molecule has 1 unspecified atom stereocenters. The number of benzene rings is 3. The number of aromatic nitrogens is 1. The van der Waals surface area contributed by atoms with Gasteiger partial charge in [0.15, 0.2) is 0 Å². The molecular formula is C25H18FN3O2. The van der Waals surface area contributed by atoms with Crippen LogP contribution >= 0.6 is 0 Å². The van der Waals surface area contributed by atoms with E-state index in [1.165, 1.54) is 24.1 Å². The van der Waals surface area contributed by atoms with Crippen LogP contribution in [-0.2, 0) is 9.53 Å². The third-order valence-electron chi connectivity index (χ3n) is 5.14. The van der Waals surface area contributed by atoms with E-state index in [4.69, 9.17) is 9.72 Å². The Bertz CT molecular complexity index is 1300. The van der Waals surface area contributed by atoms with Crippen LogP contribution in [0.1, 0.15) is 24.3 Å². The summed E-state index contributed by atoms with van der Waals surface area (Å²) < 4.78 is 19.5. The van der Waals surface area contributed by atoms with E-state index in [2.05, 4.69) is 5.10 Å². The number of fused-ring (bicyclic) bond motifs is 1. The summed E-state index contributed by atoms with van der Waals surface area (Å²) in [5, 5.41) is 6.57. The number of ether oxygens (including phenoxy) is 1. The summed E-state index contributed by atoms with van der Waals surface area (Å²) in [7, 11) is 0. The Labute approximate surface area is 178 Å². The van der Waals surface area contributed by atoms with Crippen LogP contribution in [-0.4, -0.2) is 21.8 Å². The molecule has 0 aliphatic carbocycles. The molecule has 0 N–H and O–H groups in total. The average molecular weight is 411 g/mol. The van der Waals surface area contributed by atoms with Crippen molar-refractivity contribution in [3.63, 3.8) is 0 Å².